The number of hydrogen-bond acceptors (Lipinski definition) is 4. The van der Waals surface area contributed by atoms with Crippen LogP contribution >= 0.6 is 11.6 Å². The fourth-order valence-corrected chi connectivity index (χ4v) is 3.30. The molecule has 1 unspecified atom stereocenters. The summed E-state index contributed by atoms with van der Waals surface area (Å²) in [5, 5.41) is 0.404. The molecule has 3 rings (SSSR count). The molecule has 136 valence electrons. The normalized spacial score (nSPS) is 19.2. The Balaban J connectivity index is 2.00. The predicted octanol–water partition coefficient (Wildman–Crippen LogP) is 3.86. The van der Waals surface area contributed by atoms with Crippen molar-refractivity contribution in [1.29, 1.82) is 0 Å². The quantitative estimate of drug-likeness (QED) is 0.823. The number of halogens is 3. The molecule has 26 heavy (non-hydrogen) atoms. The van der Waals surface area contributed by atoms with Gasteiger partial charge in [-0.2, -0.15) is 0 Å². The number of carbonyl (C=O) groups is 1. The molecule has 0 bridgehead atoms. The molecule has 1 amide bonds. The van der Waals surface area contributed by atoms with E-state index in [4.69, 9.17) is 17.3 Å². The maximum Gasteiger partial charge on any atom is 0.265 e. The van der Waals surface area contributed by atoms with Gasteiger partial charge in [0.2, 0.25) is 5.91 Å². The van der Waals surface area contributed by atoms with Gasteiger partial charge in [-0.3, -0.25) is 4.79 Å². The van der Waals surface area contributed by atoms with Gasteiger partial charge in [-0.1, -0.05) is 18.2 Å². The van der Waals surface area contributed by atoms with Crippen LogP contribution in [0.15, 0.2) is 43.2 Å². The first kappa shape index (κ1) is 18.3. The largest absolute Gasteiger partial charge is 0.396 e. The van der Waals surface area contributed by atoms with Crippen LogP contribution in [0.5, 0.6) is 0 Å². The molecule has 2 N–H and O–H groups in total. The highest BCUT2D eigenvalue weighted by Gasteiger charge is 2.42. The first-order valence-corrected chi connectivity index (χ1v) is 8.36. The van der Waals surface area contributed by atoms with E-state index < -0.39 is 24.4 Å². The van der Waals surface area contributed by atoms with Crippen LogP contribution in [0.4, 0.5) is 14.5 Å². The number of carbonyl (C=O) groups excluding carboxylic acids is 1. The van der Waals surface area contributed by atoms with E-state index in [0.29, 0.717) is 27.7 Å². The van der Waals surface area contributed by atoms with Crippen LogP contribution in [-0.2, 0) is 4.79 Å². The summed E-state index contributed by atoms with van der Waals surface area (Å²) < 4.78 is 27.6. The molecular formula is C18H17ClF2N4O. The van der Waals surface area contributed by atoms with Crippen molar-refractivity contribution in [2.24, 2.45) is 0 Å². The number of nitrogens with two attached hydrogens (primary N) is 1. The van der Waals surface area contributed by atoms with Gasteiger partial charge in [0.15, 0.2) is 5.82 Å². The predicted molar refractivity (Wildman–Crippen MR) is 95.7 cm³/mol. The molecule has 1 fully saturated rings. The van der Waals surface area contributed by atoms with Crippen molar-refractivity contribution in [3.8, 4) is 11.4 Å². The van der Waals surface area contributed by atoms with Crippen molar-refractivity contribution in [3.05, 3.63) is 53.8 Å². The zero-order chi connectivity index (χ0) is 18.9. The molecule has 0 spiro atoms. The maximum atomic E-state index is 13.8. The summed E-state index contributed by atoms with van der Waals surface area (Å²) in [6.07, 6.45) is 3.80. The van der Waals surface area contributed by atoms with Gasteiger partial charge in [0.25, 0.3) is 5.92 Å². The number of piperidine rings is 1. The third kappa shape index (κ3) is 3.83. The van der Waals surface area contributed by atoms with Crippen LogP contribution in [0.1, 0.15) is 24.4 Å². The van der Waals surface area contributed by atoms with Gasteiger partial charge in [-0.25, -0.2) is 18.7 Å². The Morgan fingerprint density at radius 1 is 1.35 bits per heavy atom. The van der Waals surface area contributed by atoms with Crippen LogP contribution in [0, 0.1) is 0 Å². The van der Waals surface area contributed by atoms with E-state index in [1.807, 2.05) is 0 Å². The second kappa shape index (κ2) is 6.99. The SMILES string of the molecule is C=CC(=O)N1CC(F)(F)CCC1c1cc(Cl)cc(-c2ncc(N)cn2)c1. The topological polar surface area (TPSA) is 72.1 Å². The molecule has 1 aromatic carbocycles. The molecule has 0 radical (unpaired) electrons. The Bertz CT molecular complexity index is 842. The third-order valence-electron chi connectivity index (χ3n) is 4.25. The Kier molecular flexibility index (Phi) is 4.91. The van der Waals surface area contributed by atoms with E-state index in [0.717, 1.165) is 11.0 Å². The van der Waals surface area contributed by atoms with E-state index >= 15 is 0 Å². The Labute approximate surface area is 154 Å². The fourth-order valence-electron chi connectivity index (χ4n) is 3.06. The third-order valence-corrected chi connectivity index (χ3v) is 4.47. The molecular weight excluding hydrogens is 362 g/mol. The molecule has 1 atom stereocenters. The van der Waals surface area contributed by atoms with Gasteiger partial charge in [-0.15, -0.1) is 0 Å². The summed E-state index contributed by atoms with van der Waals surface area (Å²) in [5.74, 6) is -3.05. The first-order chi connectivity index (χ1) is 12.3. The summed E-state index contributed by atoms with van der Waals surface area (Å²) in [6.45, 7) is 2.76. The molecule has 1 aliphatic heterocycles. The monoisotopic (exact) mass is 378 g/mol. The molecule has 0 aliphatic carbocycles. The number of nitrogen functional groups attached to an aromatic ring is 1. The first-order valence-electron chi connectivity index (χ1n) is 7.98. The summed E-state index contributed by atoms with van der Waals surface area (Å²) in [7, 11) is 0. The molecule has 5 nitrogen and oxygen atoms in total. The number of alkyl halides is 2. The number of aromatic nitrogens is 2. The molecule has 1 saturated heterocycles. The second-order valence-corrected chi connectivity index (χ2v) is 6.63. The van der Waals surface area contributed by atoms with Crippen molar-refractivity contribution in [2.45, 2.75) is 24.8 Å². The van der Waals surface area contributed by atoms with Gasteiger partial charge in [0.1, 0.15) is 0 Å². The average molecular weight is 379 g/mol. The van der Waals surface area contributed by atoms with Crippen molar-refractivity contribution >= 4 is 23.2 Å². The lowest BCUT2D eigenvalue weighted by Crippen LogP contribution is -2.46. The van der Waals surface area contributed by atoms with Crippen molar-refractivity contribution < 1.29 is 13.6 Å². The number of benzene rings is 1. The number of likely N-dealkylation sites (tertiary alicyclic amines) is 1. The van der Waals surface area contributed by atoms with Gasteiger partial charge in [0, 0.05) is 17.0 Å². The number of amides is 1. The van der Waals surface area contributed by atoms with Gasteiger partial charge >= 0.3 is 0 Å². The molecule has 1 aromatic heterocycles. The van der Waals surface area contributed by atoms with Crippen LogP contribution in [-0.4, -0.2) is 33.2 Å². The minimum atomic E-state index is -2.92. The van der Waals surface area contributed by atoms with Crippen molar-refractivity contribution in [3.63, 3.8) is 0 Å². The molecule has 2 heterocycles. The molecule has 1 aliphatic rings. The van der Waals surface area contributed by atoms with E-state index in [-0.39, 0.29) is 12.8 Å². The number of nitrogens with zero attached hydrogens (tertiary/aromatic N) is 3. The molecule has 0 saturated carbocycles. The minimum Gasteiger partial charge on any atom is -0.396 e. The highest BCUT2D eigenvalue weighted by molar-refractivity contribution is 6.31. The lowest BCUT2D eigenvalue weighted by Gasteiger charge is -2.39. The standard InChI is InChI=1S/C18H17ClF2N4O/c1-2-16(26)25-10-18(20,21)4-3-15(25)11-5-12(7-13(19)6-11)17-23-8-14(22)9-24-17/h2,5-9,15H,1,3-4,10,22H2. The smallest absolute Gasteiger partial charge is 0.265 e. The summed E-state index contributed by atoms with van der Waals surface area (Å²) in [6, 6.07) is 4.58. The molecule has 8 heteroatoms. The second-order valence-electron chi connectivity index (χ2n) is 6.19. The zero-order valence-corrected chi connectivity index (χ0v) is 14.6. The van der Waals surface area contributed by atoms with Crippen LogP contribution < -0.4 is 5.73 Å². The molecule has 2 aromatic rings. The zero-order valence-electron chi connectivity index (χ0n) is 13.8. The van der Waals surface area contributed by atoms with Gasteiger partial charge in [-0.05, 0) is 36.3 Å². The van der Waals surface area contributed by atoms with E-state index in [2.05, 4.69) is 16.5 Å². The summed E-state index contributed by atoms with van der Waals surface area (Å²) in [4.78, 5) is 21.6. The van der Waals surface area contributed by atoms with Crippen LogP contribution in [0.3, 0.4) is 0 Å². The average Bonchev–Trinajstić information content (AvgIpc) is 2.60. The van der Waals surface area contributed by atoms with Crippen LogP contribution in [0.2, 0.25) is 5.02 Å². The maximum absolute atomic E-state index is 13.8. The number of rotatable bonds is 3. The van der Waals surface area contributed by atoms with Crippen molar-refractivity contribution in [1.82, 2.24) is 14.9 Å². The summed E-state index contributed by atoms with van der Waals surface area (Å²) >= 11 is 6.22. The van der Waals surface area contributed by atoms with E-state index in [9.17, 15) is 13.6 Å². The Morgan fingerprint density at radius 2 is 2.04 bits per heavy atom. The Hall–Kier alpha value is -2.54. The van der Waals surface area contributed by atoms with E-state index in [1.54, 1.807) is 18.2 Å². The van der Waals surface area contributed by atoms with Gasteiger partial charge < -0.3 is 10.6 Å². The van der Waals surface area contributed by atoms with Crippen LogP contribution in [0.25, 0.3) is 11.4 Å². The highest BCUT2D eigenvalue weighted by Crippen LogP contribution is 2.39. The Morgan fingerprint density at radius 3 is 2.69 bits per heavy atom. The van der Waals surface area contributed by atoms with E-state index in [1.165, 1.54) is 12.4 Å². The number of hydrogen-bond donors (Lipinski definition) is 1. The summed E-state index contributed by atoms with van der Waals surface area (Å²) in [5.41, 5.74) is 7.30. The minimum absolute atomic E-state index is 0.120. The van der Waals surface area contributed by atoms with Gasteiger partial charge in [0.05, 0.1) is 30.7 Å². The lowest BCUT2D eigenvalue weighted by atomic mass is 9.92. The fraction of sp³-hybridized carbons (Fsp3) is 0.278. The highest BCUT2D eigenvalue weighted by atomic mass is 35.5. The lowest BCUT2D eigenvalue weighted by molar-refractivity contribution is -0.142. The van der Waals surface area contributed by atoms with Crippen molar-refractivity contribution in [2.75, 3.05) is 12.3 Å². The number of anilines is 1.